The van der Waals surface area contributed by atoms with Crippen LogP contribution in [0.1, 0.15) is 0 Å². The molecule has 0 unspecified atom stereocenters. The van der Waals surface area contributed by atoms with Crippen molar-refractivity contribution in [3.8, 4) is 0 Å². The second-order valence-corrected chi connectivity index (χ2v) is 5.59. The van der Waals surface area contributed by atoms with E-state index in [1.165, 1.54) is 0 Å². The van der Waals surface area contributed by atoms with Gasteiger partial charge in [0.05, 0.1) is 20.8 Å². The first kappa shape index (κ1) is 5.35. The lowest BCUT2D eigenvalue weighted by Gasteiger charge is -2.03. The number of hydrazine groups is 1. The van der Waals surface area contributed by atoms with E-state index in [2.05, 4.69) is 9.77 Å². The van der Waals surface area contributed by atoms with E-state index >= 15 is 0 Å². The van der Waals surface area contributed by atoms with Gasteiger partial charge in [-0.15, -0.1) is 0 Å². The van der Waals surface area contributed by atoms with E-state index in [0.717, 1.165) is 20.8 Å². The zero-order chi connectivity index (χ0) is 4.28. The molecule has 0 aliphatic heterocycles. The van der Waals surface area contributed by atoms with Crippen LogP contribution in [0, 0.1) is 0 Å². The number of hydrogen-bond donors (Lipinski definition) is 1. The van der Waals surface area contributed by atoms with Crippen LogP contribution in [-0.4, -0.2) is 32.2 Å². The summed E-state index contributed by atoms with van der Waals surface area (Å²) >= 11 is 0. The van der Waals surface area contributed by atoms with Crippen molar-refractivity contribution in [2.45, 2.75) is 0 Å². The fourth-order valence-corrected chi connectivity index (χ4v) is 0. The van der Waals surface area contributed by atoms with Gasteiger partial charge in [0.2, 0.25) is 0 Å². The van der Waals surface area contributed by atoms with E-state index in [1.807, 2.05) is 7.05 Å². The Morgan fingerprint density at radius 1 is 1.60 bits per heavy atom. The number of rotatable bonds is 1. The fraction of sp³-hybridized carbons (Fsp3) is 1.00. The molecule has 0 aliphatic rings. The monoisotopic (exact) mass is 106 g/mol. The lowest BCUT2D eigenvalue weighted by Crippen LogP contribution is -2.28. The fourth-order valence-electron chi connectivity index (χ4n) is 0. The van der Waals surface area contributed by atoms with Crippen molar-refractivity contribution in [3.63, 3.8) is 0 Å². The minimum atomic E-state index is 1.15. The Hall–Kier alpha value is 0.354. The first-order valence-corrected chi connectivity index (χ1v) is 3.41. The Morgan fingerprint density at radius 3 is 1.80 bits per heavy atom. The summed E-state index contributed by atoms with van der Waals surface area (Å²) in [6, 6.07) is 0. The van der Waals surface area contributed by atoms with Gasteiger partial charge in [0, 0.05) is 0 Å². The maximum Gasteiger partial charge on any atom is 0.0871 e. The predicted molar refractivity (Wildman–Crippen MR) is 30.8 cm³/mol. The molecular weight excluding hydrogens is 96.2 g/mol. The molecule has 0 saturated heterocycles. The highest BCUT2D eigenvalue weighted by Gasteiger charge is 1.68. The number of hydrogen-bond acceptors (Lipinski definition) is 2. The Labute approximate surface area is 38.5 Å². The minimum absolute atomic E-state index is 1.15. The van der Waals surface area contributed by atoms with Gasteiger partial charge in [-0.1, -0.05) is 0 Å². The molecule has 0 aromatic rings. The normalized spacial score (nSPS) is 10.8. The molecule has 0 aromatic heterocycles. The Bertz CT molecular complexity index is 21.6. The van der Waals surface area contributed by atoms with Crippen molar-refractivity contribution in [1.82, 2.24) is 9.77 Å². The zero-order valence-electron chi connectivity index (χ0n) is 3.95. The standard InChI is InChI=1S/CH10N2Si2/c1-2-3(4)5/h2H,1,4-5H3. The van der Waals surface area contributed by atoms with Gasteiger partial charge < -0.3 is 4.34 Å². The number of nitrogens with one attached hydrogen (secondary N) is 1. The van der Waals surface area contributed by atoms with Crippen molar-refractivity contribution in [3.05, 3.63) is 0 Å². The average Bonchev–Trinajstić information content (AvgIpc) is 1.38. The van der Waals surface area contributed by atoms with Gasteiger partial charge in [0.15, 0.2) is 0 Å². The van der Waals surface area contributed by atoms with E-state index < -0.39 is 0 Å². The number of nitrogens with zero attached hydrogens (tertiary/aromatic N) is 1. The van der Waals surface area contributed by atoms with E-state index in [4.69, 9.17) is 0 Å². The maximum absolute atomic E-state index is 2.98. The lowest BCUT2D eigenvalue weighted by atomic mass is 11.5. The van der Waals surface area contributed by atoms with Crippen molar-refractivity contribution in [2.75, 3.05) is 7.05 Å². The Morgan fingerprint density at radius 2 is 1.80 bits per heavy atom. The first-order chi connectivity index (χ1) is 2.27. The van der Waals surface area contributed by atoms with Crippen molar-refractivity contribution in [2.24, 2.45) is 0 Å². The first-order valence-electron chi connectivity index (χ1n) is 1.62. The second kappa shape index (κ2) is 2.58. The molecule has 0 saturated carbocycles. The van der Waals surface area contributed by atoms with Gasteiger partial charge in [-0.05, 0) is 7.05 Å². The average molecular weight is 106 g/mol. The van der Waals surface area contributed by atoms with E-state index in [0.29, 0.717) is 0 Å². The van der Waals surface area contributed by atoms with Gasteiger partial charge in [0.25, 0.3) is 0 Å². The molecule has 4 heteroatoms. The topological polar surface area (TPSA) is 15.3 Å². The van der Waals surface area contributed by atoms with Crippen LogP contribution >= 0.6 is 0 Å². The van der Waals surface area contributed by atoms with Gasteiger partial charge in [-0.2, -0.15) is 0 Å². The lowest BCUT2D eigenvalue weighted by molar-refractivity contribution is 0.575. The summed E-state index contributed by atoms with van der Waals surface area (Å²) in [5, 5.41) is 0. The quantitative estimate of drug-likeness (QED) is 0.283. The van der Waals surface area contributed by atoms with Gasteiger partial charge >= 0.3 is 0 Å². The smallest absolute Gasteiger partial charge is 0.0871 e. The molecule has 0 rings (SSSR count). The van der Waals surface area contributed by atoms with Crippen LogP contribution in [0.5, 0.6) is 0 Å². The second-order valence-electron chi connectivity index (χ2n) is 1.12. The molecule has 0 aromatic carbocycles. The Kier molecular flexibility index (Phi) is 2.77. The molecular formula is CH10N2Si2. The third-order valence-electron chi connectivity index (χ3n) is 0.447. The van der Waals surface area contributed by atoms with Crippen LogP contribution < -0.4 is 5.43 Å². The molecule has 0 spiro atoms. The van der Waals surface area contributed by atoms with Crippen LogP contribution in [0.25, 0.3) is 0 Å². The molecule has 0 fully saturated rings. The summed E-state index contributed by atoms with van der Waals surface area (Å²) in [7, 11) is 4.25. The molecule has 0 amide bonds. The highest BCUT2D eigenvalue weighted by molar-refractivity contribution is 6.24. The van der Waals surface area contributed by atoms with Gasteiger partial charge in [-0.3, -0.25) is 5.43 Å². The third-order valence-corrected chi connectivity index (χ3v) is 1.34. The van der Waals surface area contributed by atoms with Gasteiger partial charge in [0.1, 0.15) is 0 Å². The largest absolute Gasteiger partial charge is 0.305 e. The molecule has 0 radical (unpaired) electrons. The third kappa shape index (κ3) is 4.35. The van der Waals surface area contributed by atoms with Crippen molar-refractivity contribution >= 4 is 20.8 Å². The van der Waals surface area contributed by atoms with E-state index in [-0.39, 0.29) is 0 Å². The van der Waals surface area contributed by atoms with Crippen LogP contribution in [0.4, 0.5) is 0 Å². The summed E-state index contributed by atoms with van der Waals surface area (Å²) in [4.78, 5) is 0. The van der Waals surface area contributed by atoms with Crippen LogP contribution in [-0.2, 0) is 0 Å². The van der Waals surface area contributed by atoms with E-state index in [1.54, 1.807) is 0 Å². The molecule has 0 heterocycles. The van der Waals surface area contributed by atoms with Crippen LogP contribution in [0.2, 0.25) is 0 Å². The van der Waals surface area contributed by atoms with Gasteiger partial charge in [-0.25, -0.2) is 0 Å². The molecule has 32 valence electrons. The molecule has 0 atom stereocenters. The summed E-state index contributed by atoms with van der Waals surface area (Å²) in [5.41, 5.74) is 2.98. The van der Waals surface area contributed by atoms with Crippen molar-refractivity contribution < 1.29 is 0 Å². The molecule has 0 bridgehead atoms. The molecule has 0 aliphatic carbocycles. The summed E-state index contributed by atoms with van der Waals surface area (Å²) in [6.45, 7) is 0. The molecule has 2 nitrogen and oxygen atoms in total. The SMILES string of the molecule is CNN([SiH3])[SiH3]. The van der Waals surface area contributed by atoms with Crippen molar-refractivity contribution in [1.29, 1.82) is 0 Å². The zero-order valence-corrected chi connectivity index (χ0v) is 7.95. The highest BCUT2D eigenvalue weighted by atomic mass is 28.2. The van der Waals surface area contributed by atoms with E-state index in [9.17, 15) is 0 Å². The molecule has 5 heavy (non-hydrogen) atoms. The van der Waals surface area contributed by atoms with Crippen LogP contribution in [0.3, 0.4) is 0 Å². The summed E-state index contributed by atoms with van der Waals surface area (Å²) < 4.78 is 2.15. The maximum atomic E-state index is 2.98. The molecule has 1 N–H and O–H groups in total. The predicted octanol–water partition coefficient (Wildman–Crippen LogP) is -3.02. The summed E-state index contributed by atoms with van der Waals surface area (Å²) in [5.74, 6) is 0. The summed E-state index contributed by atoms with van der Waals surface area (Å²) in [6.07, 6.45) is 0. The van der Waals surface area contributed by atoms with Crippen LogP contribution in [0.15, 0.2) is 0 Å². The minimum Gasteiger partial charge on any atom is -0.305 e. The Balaban J connectivity index is 2.54. The highest BCUT2D eigenvalue weighted by Crippen LogP contribution is 1.44.